The number of anilines is 1. The minimum atomic E-state index is -1.17. The summed E-state index contributed by atoms with van der Waals surface area (Å²) < 4.78 is 19.2. The Kier molecular flexibility index (Phi) is 3.65. The van der Waals surface area contributed by atoms with E-state index in [9.17, 15) is 9.18 Å². The smallest absolute Gasteiger partial charge is 0.340 e. The van der Waals surface area contributed by atoms with Crippen LogP contribution in [0.25, 0.3) is 11.3 Å². The molecule has 0 saturated carbocycles. The fraction of sp³-hybridized carbons (Fsp3) is 0.214. The van der Waals surface area contributed by atoms with Crippen molar-refractivity contribution in [3.05, 3.63) is 35.8 Å². The maximum absolute atomic E-state index is 13.9. The monoisotopic (exact) mass is 278 g/mol. The molecule has 0 aliphatic carbocycles. The lowest BCUT2D eigenvalue weighted by atomic mass is 10.1. The van der Waals surface area contributed by atoms with Crippen molar-refractivity contribution in [3.63, 3.8) is 0 Å². The predicted octanol–water partition coefficient (Wildman–Crippen LogP) is 2.89. The SMILES string of the molecule is CC(C)Oc1ccc(-c2[nH]cc(N)c2C(=O)O)cc1F. The first-order chi connectivity index (χ1) is 9.40. The number of aromatic carboxylic acids is 1. The third-order valence-electron chi connectivity index (χ3n) is 2.71. The lowest BCUT2D eigenvalue weighted by Crippen LogP contribution is -2.07. The molecule has 2 rings (SSSR count). The average molecular weight is 278 g/mol. The van der Waals surface area contributed by atoms with Crippen molar-refractivity contribution in [2.75, 3.05) is 5.73 Å². The Balaban J connectivity index is 2.45. The molecule has 1 aromatic heterocycles. The van der Waals surface area contributed by atoms with Gasteiger partial charge in [-0.3, -0.25) is 0 Å². The Morgan fingerprint density at radius 3 is 2.70 bits per heavy atom. The topological polar surface area (TPSA) is 88.3 Å². The van der Waals surface area contributed by atoms with E-state index in [1.165, 1.54) is 18.3 Å². The zero-order chi connectivity index (χ0) is 14.9. The van der Waals surface area contributed by atoms with Crippen LogP contribution in [0.15, 0.2) is 24.4 Å². The van der Waals surface area contributed by atoms with Gasteiger partial charge in [0.1, 0.15) is 5.56 Å². The first-order valence-corrected chi connectivity index (χ1v) is 6.07. The van der Waals surface area contributed by atoms with Gasteiger partial charge in [0.25, 0.3) is 0 Å². The van der Waals surface area contributed by atoms with Gasteiger partial charge in [0, 0.05) is 11.8 Å². The number of carboxylic acid groups (broad SMARTS) is 1. The summed E-state index contributed by atoms with van der Waals surface area (Å²) >= 11 is 0. The van der Waals surface area contributed by atoms with Crippen LogP contribution in [0, 0.1) is 5.82 Å². The van der Waals surface area contributed by atoms with Gasteiger partial charge in [0.05, 0.1) is 17.5 Å². The van der Waals surface area contributed by atoms with E-state index in [-0.39, 0.29) is 28.8 Å². The minimum Gasteiger partial charge on any atom is -0.488 e. The molecule has 0 amide bonds. The normalized spacial score (nSPS) is 10.8. The fourth-order valence-electron chi connectivity index (χ4n) is 1.90. The minimum absolute atomic E-state index is 0.0677. The van der Waals surface area contributed by atoms with Crippen molar-refractivity contribution >= 4 is 11.7 Å². The molecule has 1 aromatic carbocycles. The molecule has 20 heavy (non-hydrogen) atoms. The van der Waals surface area contributed by atoms with Crippen molar-refractivity contribution in [1.29, 1.82) is 0 Å². The van der Waals surface area contributed by atoms with Gasteiger partial charge in [-0.15, -0.1) is 0 Å². The molecule has 0 aliphatic heterocycles. The van der Waals surface area contributed by atoms with Crippen molar-refractivity contribution in [3.8, 4) is 17.0 Å². The number of carboxylic acids is 1. The quantitative estimate of drug-likeness (QED) is 0.802. The van der Waals surface area contributed by atoms with Crippen LogP contribution in [0.3, 0.4) is 0 Å². The number of benzene rings is 1. The third-order valence-corrected chi connectivity index (χ3v) is 2.71. The number of rotatable bonds is 4. The van der Waals surface area contributed by atoms with Gasteiger partial charge in [-0.05, 0) is 32.0 Å². The van der Waals surface area contributed by atoms with Gasteiger partial charge >= 0.3 is 5.97 Å². The first kappa shape index (κ1) is 13.9. The van der Waals surface area contributed by atoms with E-state index >= 15 is 0 Å². The molecule has 2 aromatic rings. The summed E-state index contributed by atoms with van der Waals surface area (Å²) in [7, 11) is 0. The van der Waals surface area contributed by atoms with Crippen LogP contribution in [0.4, 0.5) is 10.1 Å². The molecule has 0 saturated heterocycles. The maximum atomic E-state index is 13.9. The van der Waals surface area contributed by atoms with Crippen LogP contribution in [-0.2, 0) is 0 Å². The molecule has 0 fully saturated rings. The number of hydrogen-bond donors (Lipinski definition) is 3. The molecule has 0 aliphatic rings. The van der Waals surface area contributed by atoms with E-state index in [1.807, 2.05) is 0 Å². The van der Waals surface area contributed by atoms with E-state index in [2.05, 4.69) is 4.98 Å². The van der Waals surface area contributed by atoms with Crippen LogP contribution in [-0.4, -0.2) is 22.2 Å². The van der Waals surface area contributed by atoms with Crippen LogP contribution in [0.5, 0.6) is 5.75 Å². The number of aromatic nitrogens is 1. The highest BCUT2D eigenvalue weighted by Gasteiger charge is 2.18. The summed E-state index contributed by atoms with van der Waals surface area (Å²) in [6, 6.07) is 4.27. The number of H-pyrrole nitrogens is 1. The Labute approximate surface area is 115 Å². The molecule has 0 unspecified atom stereocenters. The lowest BCUT2D eigenvalue weighted by Gasteiger charge is -2.11. The Morgan fingerprint density at radius 2 is 2.15 bits per heavy atom. The van der Waals surface area contributed by atoms with Crippen molar-refractivity contribution < 1.29 is 19.0 Å². The molecule has 6 heteroatoms. The van der Waals surface area contributed by atoms with E-state index in [0.29, 0.717) is 5.56 Å². The first-order valence-electron chi connectivity index (χ1n) is 6.07. The van der Waals surface area contributed by atoms with Gasteiger partial charge in [-0.1, -0.05) is 0 Å². The second-order valence-corrected chi connectivity index (χ2v) is 4.61. The zero-order valence-corrected chi connectivity index (χ0v) is 11.1. The van der Waals surface area contributed by atoms with Crippen molar-refractivity contribution in [2.45, 2.75) is 20.0 Å². The summed E-state index contributed by atoms with van der Waals surface area (Å²) in [6.45, 7) is 3.59. The number of halogens is 1. The predicted molar refractivity (Wildman–Crippen MR) is 73.3 cm³/mol. The molecular weight excluding hydrogens is 263 g/mol. The summed E-state index contributed by atoms with van der Waals surface area (Å²) in [5.41, 5.74) is 6.29. The number of hydrogen-bond acceptors (Lipinski definition) is 3. The Morgan fingerprint density at radius 1 is 1.45 bits per heavy atom. The maximum Gasteiger partial charge on any atom is 0.340 e. The van der Waals surface area contributed by atoms with Gasteiger partial charge in [-0.25, -0.2) is 9.18 Å². The van der Waals surface area contributed by atoms with Gasteiger partial charge in [-0.2, -0.15) is 0 Å². The Bertz CT molecular complexity index is 650. The molecule has 1 heterocycles. The summed E-state index contributed by atoms with van der Waals surface area (Å²) in [4.78, 5) is 13.9. The number of aromatic amines is 1. The van der Waals surface area contributed by atoms with Gasteiger partial charge in [0.15, 0.2) is 11.6 Å². The highest BCUT2D eigenvalue weighted by Crippen LogP contribution is 2.30. The highest BCUT2D eigenvalue weighted by molar-refractivity contribution is 6.00. The van der Waals surface area contributed by atoms with Crippen LogP contribution < -0.4 is 10.5 Å². The summed E-state index contributed by atoms with van der Waals surface area (Å²) in [6.07, 6.45) is 1.22. The molecule has 0 radical (unpaired) electrons. The number of nitrogens with one attached hydrogen (secondary N) is 1. The zero-order valence-electron chi connectivity index (χ0n) is 11.1. The molecule has 5 nitrogen and oxygen atoms in total. The van der Waals surface area contributed by atoms with E-state index in [1.54, 1.807) is 19.9 Å². The molecule has 0 spiro atoms. The number of nitrogens with two attached hydrogens (primary N) is 1. The number of carbonyl (C=O) groups is 1. The average Bonchev–Trinajstić information content (AvgIpc) is 2.73. The Hall–Kier alpha value is -2.50. The molecular formula is C14H15FN2O3. The second kappa shape index (κ2) is 5.24. The second-order valence-electron chi connectivity index (χ2n) is 4.61. The fourth-order valence-corrected chi connectivity index (χ4v) is 1.90. The molecule has 4 N–H and O–H groups in total. The molecule has 0 atom stereocenters. The third kappa shape index (κ3) is 2.59. The van der Waals surface area contributed by atoms with Gasteiger partial charge in [0.2, 0.25) is 0 Å². The van der Waals surface area contributed by atoms with E-state index < -0.39 is 11.8 Å². The molecule has 0 bridgehead atoms. The highest BCUT2D eigenvalue weighted by atomic mass is 19.1. The standard InChI is InChI=1S/C14H15FN2O3/c1-7(2)20-11-4-3-8(5-9(11)15)13-12(14(18)19)10(16)6-17-13/h3-7,17H,16H2,1-2H3,(H,18,19). The van der Waals surface area contributed by atoms with Crippen LogP contribution in [0.2, 0.25) is 0 Å². The van der Waals surface area contributed by atoms with Crippen LogP contribution >= 0.6 is 0 Å². The van der Waals surface area contributed by atoms with E-state index in [4.69, 9.17) is 15.6 Å². The van der Waals surface area contributed by atoms with Crippen molar-refractivity contribution in [2.24, 2.45) is 0 Å². The summed E-state index contributed by atoms with van der Waals surface area (Å²) in [5.74, 6) is -1.59. The van der Waals surface area contributed by atoms with E-state index in [0.717, 1.165) is 0 Å². The number of ether oxygens (including phenoxy) is 1. The van der Waals surface area contributed by atoms with Gasteiger partial charge < -0.3 is 20.6 Å². The largest absolute Gasteiger partial charge is 0.488 e. The van der Waals surface area contributed by atoms with Crippen molar-refractivity contribution in [1.82, 2.24) is 4.98 Å². The lowest BCUT2D eigenvalue weighted by molar-refractivity contribution is 0.0699. The van der Waals surface area contributed by atoms with Crippen LogP contribution in [0.1, 0.15) is 24.2 Å². The summed E-state index contributed by atoms with van der Waals surface area (Å²) in [5, 5.41) is 9.12. The molecule has 106 valence electrons. The number of nitrogen functional groups attached to an aromatic ring is 1.